The van der Waals surface area contributed by atoms with Crippen molar-refractivity contribution in [3.63, 3.8) is 0 Å². The molecule has 1 heterocycles. The van der Waals surface area contributed by atoms with Gasteiger partial charge < -0.3 is 10.1 Å². The number of hydrogen-bond acceptors (Lipinski definition) is 2. The third-order valence-electron chi connectivity index (χ3n) is 1.86. The van der Waals surface area contributed by atoms with Crippen LogP contribution in [0.3, 0.4) is 0 Å². The molecule has 3 heteroatoms. The van der Waals surface area contributed by atoms with Gasteiger partial charge in [-0.15, -0.1) is 0 Å². The van der Waals surface area contributed by atoms with Gasteiger partial charge >= 0.3 is 0 Å². The van der Waals surface area contributed by atoms with E-state index in [4.69, 9.17) is 17.0 Å². The largest absolute Gasteiger partial charge is 0.466 e. The molecule has 0 bridgehead atoms. The van der Waals surface area contributed by atoms with Gasteiger partial charge in [-0.25, -0.2) is 0 Å². The average molecular weight is 179 g/mol. The maximum absolute atomic E-state index is 5.16. The van der Waals surface area contributed by atoms with E-state index in [0.29, 0.717) is 11.8 Å². The molecule has 0 spiro atoms. The molecule has 12 heavy (non-hydrogen) atoms. The molecule has 0 atom stereocenters. The van der Waals surface area contributed by atoms with Crippen molar-refractivity contribution in [2.45, 2.75) is 13.5 Å². The Kier molecular flexibility index (Phi) is 1.73. The first-order chi connectivity index (χ1) is 5.75. The highest BCUT2D eigenvalue weighted by atomic mass is 32.1. The summed E-state index contributed by atoms with van der Waals surface area (Å²) in [6.07, 6.45) is 0. The summed E-state index contributed by atoms with van der Waals surface area (Å²) < 4.78 is 5.16. The zero-order chi connectivity index (χ0) is 8.55. The second kappa shape index (κ2) is 2.75. The summed E-state index contributed by atoms with van der Waals surface area (Å²) in [7, 11) is 0. The van der Waals surface area contributed by atoms with E-state index in [1.165, 1.54) is 5.56 Å². The van der Waals surface area contributed by atoms with Gasteiger partial charge in [0.1, 0.15) is 6.61 Å². The fraction of sp³-hybridized carbons (Fsp3) is 0.222. The minimum Gasteiger partial charge on any atom is -0.466 e. The molecule has 0 saturated carbocycles. The van der Waals surface area contributed by atoms with Crippen molar-refractivity contribution < 1.29 is 4.74 Å². The Morgan fingerprint density at radius 3 is 3.17 bits per heavy atom. The van der Waals surface area contributed by atoms with Crippen LogP contribution in [0, 0.1) is 6.92 Å². The first-order valence-corrected chi connectivity index (χ1v) is 4.20. The summed E-state index contributed by atoms with van der Waals surface area (Å²) in [5, 5.41) is 3.48. The van der Waals surface area contributed by atoms with Crippen molar-refractivity contribution in [1.82, 2.24) is 0 Å². The number of thiocarbonyl (C=S) groups is 1. The van der Waals surface area contributed by atoms with Crippen LogP contribution in [0.1, 0.15) is 11.1 Å². The standard InChI is InChI=1S/C9H9NOS/c1-6-2-3-7-5-11-9(12)10-8(7)4-6/h2-4H,5H2,1H3,(H,10,12). The molecule has 0 aromatic heterocycles. The molecule has 1 aliphatic heterocycles. The SMILES string of the molecule is Cc1ccc2c(c1)NC(=S)OC2. The Morgan fingerprint density at radius 2 is 2.33 bits per heavy atom. The number of fused-ring (bicyclic) bond motifs is 1. The zero-order valence-corrected chi connectivity index (χ0v) is 7.57. The highest BCUT2D eigenvalue weighted by Gasteiger charge is 2.11. The van der Waals surface area contributed by atoms with Crippen molar-refractivity contribution in [3.05, 3.63) is 29.3 Å². The van der Waals surface area contributed by atoms with Gasteiger partial charge in [-0.2, -0.15) is 0 Å². The third kappa shape index (κ3) is 1.28. The molecular formula is C9H9NOS. The molecule has 2 rings (SSSR count). The molecule has 1 aromatic carbocycles. The van der Waals surface area contributed by atoms with Crippen LogP contribution in [0.4, 0.5) is 5.69 Å². The topological polar surface area (TPSA) is 21.3 Å². The first kappa shape index (κ1) is 7.55. The van der Waals surface area contributed by atoms with Crippen molar-refractivity contribution in [2.24, 2.45) is 0 Å². The number of ether oxygens (including phenoxy) is 1. The summed E-state index contributed by atoms with van der Waals surface area (Å²) in [6.45, 7) is 2.64. The molecule has 1 aromatic rings. The second-order valence-electron chi connectivity index (χ2n) is 2.86. The highest BCUT2D eigenvalue weighted by molar-refractivity contribution is 7.80. The van der Waals surface area contributed by atoms with E-state index < -0.39 is 0 Å². The molecule has 1 aliphatic rings. The number of aryl methyl sites for hydroxylation is 1. The van der Waals surface area contributed by atoms with Gasteiger partial charge in [-0.1, -0.05) is 12.1 Å². The lowest BCUT2D eigenvalue weighted by Gasteiger charge is -2.19. The molecule has 62 valence electrons. The van der Waals surface area contributed by atoms with Crippen molar-refractivity contribution in [3.8, 4) is 0 Å². The summed E-state index contributed by atoms with van der Waals surface area (Å²) in [6, 6.07) is 6.20. The number of anilines is 1. The molecule has 1 N–H and O–H groups in total. The molecule has 0 radical (unpaired) electrons. The smallest absolute Gasteiger partial charge is 0.261 e. The lowest BCUT2D eigenvalue weighted by atomic mass is 10.1. The van der Waals surface area contributed by atoms with Gasteiger partial charge in [0.05, 0.1) is 0 Å². The predicted octanol–water partition coefficient (Wildman–Crippen LogP) is 2.22. The average Bonchev–Trinajstić information content (AvgIpc) is 2.03. The summed E-state index contributed by atoms with van der Waals surface area (Å²) in [5.74, 6) is 0. The highest BCUT2D eigenvalue weighted by Crippen LogP contribution is 2.22. The molecule has 0 aliphatic carbocycles. The minimum atomic E-state index is 0.466. The number of rotatable bonds is 0. The Balaban J connectivity index is 2.44. The van der Waals surface area contributed by atoms with Crippen molar-refractivity contribution in [1.29, 1.82) is 0 Å². The number of nitrogens with one attached hydrogen (secondary N) is 1. The van der Waals surface area contributed by atoms with Crippen LogP contribution >= 0.6 is 12.2 Å². The van der Waals surface area contributed by atoms with E-state index in [0.717, 1.165) is 11.3 Å². The van der Waals surface area contributed by atoms with Crippen LogP contribution in [0.25, 0.3) is 0 Å². The molecule has 0 saturated heterocycles. The zero-order valence-electron chi connectivity index (χ0n) is 6.76. The van der Waals surface area contributed by atoms with Gasteiger partial charge in [-0.3, -0.25) is 0 Å². The normalized spacial score (nSPS) is 14.6. The van der Waals surface area contributed by atoms with Crippen LogP contribution in [-0.2, 0) is 11.3 Å². The lowest BCUT2D eigenvalue weighted by molar-refractivity contribution is 0.294. The van der Waals surface area contributed by atoms with Gasteiger partial charge in [-0.05, 0) is 30.8 Å². The first-order valence-electron chi connectivity index (χ1n) is 3.79. The number of hydrogen-bond donors (Lipinski definition) is 1. The molecule has 2 nitrogen and oxygen atoms in total. The van der Waals surface area contributed by atoms with Crippen molar-refractivity contribution in [2.75, 3.05) is 5.32 Å². The van der Waals surface area contributed by atoms with E-state index in [1.54, 1.807) is 0 Å². The van der Waals surface area contributed by atoms with E-state index >= 15 is 0 Å². The summed E-state index contributed by atoms with van der Waals surface area (Å²) >= 11 is 4.89. The van der Waals surface area contributed by atoms with Gasteiger partial charge in [0.2, 0.25) is 0 Å². The van der Waals surface area contributed by atoms with E-state index in [2.05, 4.69) is 30.4 Å². The monoisotopic (exact) mass is 179 g/mol. The van der Waals surface area contributed by atoms with Crippen LogP contribution in [-0.4, -0.2) is 5.17 Å². The van der Waals surface area contributed by atoms with Crippen LogP contribution in [0.2, 0.25) is 0 Å². The Labute approximate surface area is 76.5 Å². The maximum Gasteiger partial charge on any atom is 0.261 e. The predicted molar refractivity (Wildman–Crippen MR) is 52.2 cm³/mol. The van der Waals surface area contributed by atoms with Crippen LogP contribution < -0.4 is 5.32 Å². The summed E-state index contributed by atoms with van der Waals surface area (Å²) in [4.78, 5) is 0. The van der Waals surface area contributed by atoms with Crippen molar-refractivity contribution >= 4 is 23.1 Å². The molecule has 0 fully saturated rings. The molecule has 0 unspecified atom stereocenters. The lowest BCUT2D eigenvalue weighted by Crippen LogP contribution is -2.19. The Hall–Kier alpha value is -1.09. The quantitative estimate of drug-likeness (QED) is 0.617. The Morgan fingerprint density at radius 1 is 1.50 bits per heavy atom. The fourth-order valence-electron chi connectivity index (χ4n) is 1.22. The van der Waals surface area contributed by atoms with E-state index in [9.17, 15) is 0 Å². The third-order valence-corrected chi connectivity index (χ3v) is 2.08. The minimum absolute atomic E-state index is 0.466. The Bertz CT molecular complexity index is 335. The van der Waals surface area contributed by atoms with E-state index in [1.807, 2.05) is 0 Å². The van der Waals surface area contributed by atoms with Gasteiger partial charge in [0.15, 0.2) is 0 Å². The molecular weight excluding hydrogens is 170 g/mol. The van der Waals surface area contributed by atoms with Crippen LogP contribution in [0.15, 0.2) is 18.2 Å². The van der Waals surface area contributed by atoms with Gasteiger partial charge in [0.25, 0.3) is 5.17 Å². The fourth-order valence-corrected chi connectivity index (χ4v) is 1.39. The second-order valence-corrected chi connectivity index (χ2v) is 3.23. The number of benzene rings is 1. The van der Waals surface area contributed by atoms with E-state index in [-0.39, 0.29) is 0 Å². The maximum atomic E-state index is 5.16. The van der Waals surface area contributed by atoms with Crippen LogP contribution in [0.5, 0.6) is 0 Å². The summed E-state index contributed by atoms with van der Waals surface area (Å²) in [5.41, 5.74) is 3.46. The van der Waals surface area contributed by atoms with Gasteiger partial charge in [0, 0.05) is 11.3 Å². The molecule has 0 amide bonds.